The number of aromatic nitrogens is 4. The lowest BCUT2D eigenvalue weighted by molar-refractivity contribution is -0.117. The van der Waals surface area contributed by atoms with E-state index >= 15 is 0 Å². The minimum atomic E-state index is -4.10. The van der Waals surface area contributed by atoms with Gasteiger partial charge in [-0.05, 0) is 36.2 Å². The third-order valence-electron chi connectivity index (χ3n) is 5.70. The summed E-state index contributed by atoms with van der Waals surface area (Å²) in [5.41, 5.74) is 2.93. The number of nitrogens with zero attached hydrogens (tertiary/aromatic N) is 4. The Morgan fingerprint density at radius 2 is 1.92 bits per heavy atom. The van der Waals surface area contributed by atoms with Gasteiger partial charge in [0, 0.05) is 23.7 Å². The average molecular weight is 536 g/mol. The van der Waals surface area contributed by atoms with Gasteiger partial charge in [0.1, 0.15) is 23.1 Å². The van der Waals surface area contributed by atoms with Crippen LogP contribution in [0.4, 0.5) is 5.82 Å². The molecule has 0 bridgehead atoms. The van der Waals surface area contributed by atoms with E-state index in [1.54, 1.807) is 29.2 Å². The van der Waals surface area contributed by atoms with Gasteiger partial charge < -0.3 is 14.8 Å². The second-order valence-corrected chi connectivity index (χ2v) is 9.94. The first-order chi connectivity index (χ1) is 18.2. The Hall–Kier alpha value is -4.83. The topological polar surface area (TPSA) is 164 Å². The van der Waals surface area contributed by atoms with Crippen molar-refractivity contribution in [2.75, 3.05) is 18.9 Å². The van der Waals surface area contributed by atoms with E-state index in [1.807, 2.05) is 19.1 Å². The lowest BCUT2D eigenvalue weighted by Crippen LogP contribution is -2.23. The van der Waals surface area contributed by atoms with Crippen LogP contribution in [0.3, 0.4) is 0 Å². The quantitative estimate of drug-likeness (QED) is 0.206. The zero-order valence-corrected chi connectivity index (χ0v) is 21.7. The highest BCUT2D eigenvalue weighted by Crippen LogP contribution is 2.35. The molecule has 0 spiro atoms. The molecule has 196 valence electrons. The largest absolute Gasteiger partial charge is 0.495 e. The molecular formula is C25H25N7O5S. The summed E-state index contributed by atoms with van der Waals surface area (Å²) in [6.45, 7) is 5.87. The highest BCUT2D eigenvalue weighted by atomic mass is 32.2. The number of methoxy groups -OCH3 is 2. The van der Waals surface area contributed by atoms with Gasteiger partial charge in [-0.3, -0.25) is 19.3 Å². The van der Waals surface area contributed by atoms with Crippen molar-refractivity contribution in [1.82, 2.24) is 25.3 Å². The van der Waals surface area contributed by atoms with E-state index in [4.69, 9.17) is 14.7 Å². The Bertz CT molecular complexity index is 1660. The lowest BCUT2D eigenvalue weighted by atomic mass is 10.1. The Labute approximate surface area is 218 Å². The first-order valence-corrected chi connectivity index (χ1v) is 12.7. The van der Waals surface area contributed by atoms with Crippen LogP contribution in [0.15, 0.2) is 59.8 Å². The van der Waals surface area contributed by atoms with E-state index in [9.17, 15) is 13.2 Å². The molecule has 4 rings (SSSR count). The van der Waals surface area contributed by atoms with E-state index < -0.39 is 15.9 Å². The number of benzene rings is 2. The molecule has 0 saturated carbocycles. The van der Waals surface area contributed by atoms with Crippen molar-refractivity contribution in [3.8, 4) is 17.6 Å². The number of nitriles is 1. The van der Waals surface area contributed by atoms with Crippen LogP contribution in [0.2, 0.25) is 0 Å². The zero-order valence-electron chi connectivity index (χ0n) is 20.9. The molecule has 13 heteroatoms. The van der Waals surface area contributed by atoms with Gasteiger partial charge in [0.25, 0.3) is 15.9 Å². The van der Waals surface area contributed by atoms with E-state index in [0.717, 1.165) is 16.7 Å². The fourth-order valence-corrected chi connectivity index (χ4v) is 5.31. The van der Waals surface area contributed by atoms with Crippen molar-refractivity contribution in [2.24, 2.45) is 0 Å². The van der Waals surface area contributed by atoms with E-state index in [1.165, 1.54) is 26.4 Å². The second kappa shape index (κ2) is 10.7. The summed E-state index contributed by atoms with van der Waals surface area (Å²) in [5, 5.41) is 23.4. The molecular weight excluding hydrogens is 510 g/mol. The molecule has 12 nitrogen and oxygen atoms in total. The minimum Gasteiger partial charge on any atom is -0.495 e. The zero-order chi connectivity index (χ0) is 27.4. The van der Waals surface area contributed by atoms with Crippen LogP contribution in [0.1, 0.15) is 16.7 Å². The highest BCUT2D eigenvalue weighted by Gasteiger charge is 2.26. The van der Waals surface area contributed by atoms with Crippen molar-refractivity contribution in [2.45, 2.75) is 24.9 Å². The molecule has 4 aromatic rings. The summed E-state index contributed by atoms with van der Waals surface area (Å²) in [7, 11) is -1.34. The summed E-state index contributed by atoms with van der Waals surface area (Å²) in [6.07, 6.45) is 3.40. The molecule has 0 unspecified atom stereocenters. The first kappa shape index (κ1) is 26.2. The number of anilines is 1. The maximum absolute atomic E-state index is 13.3. The van der Waals surface area contributed by atoms with Crippen molar-refractivity contribution in [1.29, 1.82) is 5.26 Å². The molecule has 0 saturated heterocycles. The van der Waals surface area contributed by atoms with Crippen molar-refractivity contribution < 1.29 is 22.7 Å². The number of nitrogens with one attached hydrogen (secondary N) is 3. The Morgan fingerprint density at radius 3 is 2.58 bits per heavy atom. The second-order valence-electron chi connectivity index (χ2n) is 8.32. The number of fused-ring (bicyclic) bond motifs is 1. The summed E-state index contributed by atoms with van der Waals surface area (Å²) < 4.78 is 41.3. The fourth-order valence-electron chi connectivity index (χ4n) is 3.97. The van der Waals surface area contributed by atoms with Crippen LogP contribution < -0.4 is 19.5 Å². The molecule has 0 aliphatic heterocycles. The fraction of sp³-hybridized carbons (Fsp3) is 0.200. The highest BCUT2D eigenvalue weighted by molar-refractivity contribution is 7.93. The molecule has 0 aliphatic carbocycles. The van der Waals surface area contributed by atoms with Gasteiger partial charge in [-0.2, -0.15) is 15.5 Å². The molecule has 3 N–H and O–H groups in total. The van der Waals surface area contributed by atoms with Gasteiger partial charge in [-0.25, -0.2) is 8.42 Å². The van der Waals surface area contributed by atoms with Gasteiger partial charge >= 0.3 is 0 Å². The maximum atomic E-state index is 13.3. The minimum absolute atomic E-state index is 0.127. The summed E-state index contributed by atoms with van der Waals surface area (Å²) in [6, 6.07) is 10.2. The Morgan fingerprint density at radius 1 is 1.21 bits per heavy atom. The number of ether oxygens (including phenoxy) is 2. The van der Waals surface area contributed by atoms with Crippen LogP contribution in [-0.4, -0.2) is 48.5 Å². The summed E-state index contributed by atoms with van der Waals surface area (Å²) in [5.74, 6) is -0.100. The van der Waals surface area contributed by atoms with E-state index in [-0.39, 0.29) is 34.3 Å². The van der Waals surface area contributed by atoms with E-state index in [2.05, 4.69) is 31.9 Å². The van der Waals surface area contributed by atoms with Crippen LogP contribution in [0.5, 0.6) is 11.5 Å². The Balaban J connectivity index is 1.55. The van der Waals surface area contributed by atoms with Crippen LogP contribution in [0, 0.1) is 18.3 Å². The Kier molecular flexibility index (Phi) is 7.35. The molecule has 0 radical (unpaired) electrons. The smallest absolute Gasteiger partial charge is 0.270 e. The van der Waals surface area contributed by atoms with Crippen LogP contribution in [-0.2, 0) is 27.9 Å². The number of amides is 1. The molecule has 2 heterocycles. The standard InChI is InChI=1S/C25H25N7O5S/c1-15-8-17(13-32-14-18(12-28-32)11-27-25(33)16(2)10-26)9-19-22(15)24(30-29-19)31-38(34,35)23-20(36-3)6-5-7-21(23)37-4/h5-9,12,14H,2,11,13H2,1,3-4H3,(H,27,33)(H2,29,30,31). The third kappa shape index (κ3) is 5.30. The number of hydrogen-bond acceptors (Lipinski definition) is 8. The van der Waals surface area contributed by atoms with Gasteiger partial charge in [0.15, 0.2) is 10.7 Å². The summed E-state index contributed by atoms with van der Waals surface area (Å²) >= 11 is 0. The van der Waals surface area contributed by atoms with Gasteiger partial charge in [0.05, 0.1) is 32.5 Å². The molecule has 0 atom stereocenters. The van der Waals surface area contributed by atoms with Crippen molar-refractivity contribution in [3.63, 3.8) is 0 Å². The predicted molar refractivity (Wildman–Crippen MR) is 139 cm³/mol. The monoisotopic (exact) mass is 535 g/mol. The number of aryl methyl sites for hydroxylation is 1. The van der Waals surface area contributed by atoms with Gasteiger partial charge in [0.2, 0.25) is 0 Å². The molecule has 0 aliphatic rings. The number of sulfonamides is 1. The average Bonchev–Trinajstić information content (AvgIpc) is 3.52. The number of H-pyrrole nitrogens is 1. The van der Waals surface area contributed by atoms with E-state index in [0.29, 0.717) is 17.4 Å². The molecule has 0 fully saturated rings. The van der Waals surface area contributed by atoms with Crippen molar-refractivity contribution in [3.05, 3.63) is 71.6 Å². The lowest BCUT2D eigenvalue weighted by Gasteiger charge is -2.14. The number of carbonyl (C=O) groups excluding carboxylic acids is 1. The number of rotatable bonds is 10. The normalized spacial score (nSPS) is 11.1. The number of aromatic amines is 1. The van der Waals surface area contributed by atoms with Gasteiger partial charge in [-0.15, -0.1) is 0 Å². The van der Waals surface area contributed by atoms with Gasteiger partial charge in [-0.1, -0.05) is 18.7 Å². The predicted octanol–water partition coefficient (Wildman–Crippen LogP) is 2.63. The maximum Gasteiger partial charge on any atom is 0.270 e. The molecule has 1 amide bonds. The summed E-state index contributed by atoms with van der Waals surface area (Å²) in [4.78, 5) is 11.6. The first-order valence-electron chi connectivity index (χ1n) is 11.3. The van der Waals surface area contributed by atoms with Crippen LogP contribution in [0.25, 0.3) is 10.9 Å². The van der Waals surface area contributed by atoms with Crippen LogP contribution >= 0.6 is 0 Å². The SMILES string of the molecule is C=C(C#N)C(=O)NCc1cnn(Cc2cc(C)c3c(NS(=O)(=O)c4c(OC)cccc4OC)n[nH]c3c2)c1. The number of carbonyl (C=O) groups is 1. The molecule has 38 heavy (non-hydrogen) atoms. The number of hydrogen-bond donors (Lipinski definition) is 3. The van der Waals surface area contributed by atoms with Crippen molar-refractivity contribution >= 4 is 32.7 Å². The molecule has 2 aromatic heterocycles. The molecule has 2 aromatic carbocycles. The third-order valence-corrected chi connectivity index (χ3v) is 7.10.